The average Bonchev–Trinajstić information content (AvgIpc) is 2.80. The normalized spacial score (nSPS) is 10.8. The molecule has 0 radical (unpaired) electrons. The topological polar surface area (TPSA) is 99.5 Å². The molecule has 0 aliphatic carbocycles. The molecule has 102 valence electrons. The summed E-state index contributed by atoms with van der Waals surface area (Å²) in [6, 6.07) is 4.61. The predicted molar refractivity (Wildman–Crippen MR) is 64.2 cm³/mol. The zero-order valence-electron chi connectivity index (χ0n) is 10.2. The van der Waals surface area contributed by atoms with E-state index >= 15 is 0 Å². The summed E-state index contributed by atoms with van der Waals surface area (Å²) in [6.45, 7) is 0.403. The van der Waals surface area contributed by atoms with E-state index in [2.05, 4.69) is 9.79 Å². The van der Waals surface area contributed by atoms with E-state index in [9.17, 15) is 10.0 Å². The smallest absolute Gasteiger partial charge is 0.342 e. The summed E-state index contributed by atoms with van der Waals surface area (Å²) in [5, 5.41) is 23.4. The van der Waals surface area contributed by atoms with E-state index in [4.69, 9.17) is 9.84 Å². The fourth-order valence-corrected chi connectivity index (χ4v) is 1.69. The van der Waals surface area contributed by atoms with Crippen LogP contribution in [0.5, 0.6) is 0 Å². The average molecular weight is 266 g/mol. The van der Waals surface area contributed by atoms with Crippen molar-refractivity contribution in [2.75, 3.05) is 13.2 Å². The highest BCUT2D eigenvalue weighted by molar-refractivity contribution is 6.00. The Bertz CT molecular complexity index is 566. The van der Waals surface area contributed by atoms with Crippen LogP contribution in [0, 0.1) is 5.21 Å². The van der Waals surface area contributed by atoms with Gasteiger partial charge in [0.2, 0.25) is 5.52 Å². The van der Waals surface area contributed by atoms with E-state index in [0.717, 1.165) is 6.42 Å². The van der Waals surface area contributed by atoms with Gasteiger partial charge in [-0.25, -0.2) is 4.79 Å². The third kappa shape index (κ3) is 3.00. The number of benzene rings is 1. The van der Waals surface area contributed by atoms with Gasteiger partial charge in [-0.3, -0.25) is 4.63 Å². The molecule has 19 heavy (non-hydrogen) atoms. The number of unbranched alkanes of at least 4 members (excludes halogenated alkanes) is 2. The molecule has 0 saturated carbocycles. The van der Waals surface area contributed by atoms with Crippen LogP contribution in [0.25, 0.3) is 11.0 Å². The molecule has 2 rings (SSSR count). The van der Waals surface area contributed by atoms with Crippen molar-refractivity contribution < 1.29 is 24.2 Å². The predicted octanol–water partition coefficient (Wildman–Crippen LogP) is 0.781. The first kappa shape index (κ1) is 13.3. The molecule has 0 fully saturated rings. The molecule has 0 unspecified atom stereocenters. The quantitative estimate of drug-likeness (QED) is 0.471. The molecule has 7 nitrogen and oxygen atoms in total. The van der Waals surface area contributed by atoms with Gasteiger partial charge in [0.05, 0.1) is 6.61 Å². The Morgan fingerprint density at radius 1 is 1.42 bits per heavy atom. The number of esters is 1. The molecule has 1 aromatic carbocycles. The second-order valence-corrected chi connectivity index (χ2v) is 4.02. The SMILES string of the molecule is O=C(OCCCCCO)c1cccc2c1no[n+]2[O-]. The van der Waals surface area contributed by atoms with Crippen molar-refractivity contribution in [3.05, 3.63) is 29.0 Å². The minimum absolute atomic E-state index is 0.135. The van der Waals surface area contributed by atoms with Crippen molar-refractivity contribution in [1.29, 1.82) is 0 Å². The fraction of sp³-hybridized carbons (Fsp3) is 0.417. The maximum atomic E-state index is 11.8. The lowest BCUT2D eigenvalue weighted by Gasteiger charge is -2.03. The van der Waals surface area contributed by atoms with Crippen LogP contribution in [0.2, 0.25) is 0 Å². The third-order valence-corrected chi connectivity index (χ3v) is 2.67. The lowest BCUT2D eigenvalue weighted by Crippen LogP contribution is -2.22. The molecule has 1 heterocycles. The van der Waals surface area contributed by atoms with E-state index in [0.29, 0.717) is 12.8 Å². The van der Waals surface area contributed by atoms with Gasteiger partial charge in [0.15, 0.2) is 0 Å². The van der Waals surface area contributed by atoms with E-state index < -0.39 is 5.97 Å². The number of hydrogen-bond donors (Lipinski definition) is 1. The maximum Gasteiger partial charge on any atom is 0.342 e. The Labute approximate surface area is 108 Å². The minimum Gasteiger partial charge on any atom is -0.462 e. The summed E-state index contributed by atoms with van der Waals surface area (Å²) >= 11 is 0. The molecule has 1 N–H and O–H groups in total. The Balaban J connectivity index is 2.01. The molecule has 1 aromatic heterocycles. The number of aliphatic hydroxyl groups is 1. The number of hydrogen-bond acceptors (Lipinski definition) is 6. The highest BCUT2D eigenvalue weighted by Gasteiger charge is 2.20. The summed E-state index contributed by atoms with van der Waals surface area (Å²) in [5.41, 5.74) is 0.589. The van der Waals surface area contributed by atoms with Crippen LogP contribution in [0.1, 0.15) is 29.6 Å². The van der Waals surface area contributed by atoms with Crippen molar-refractivity contribution in [2.24, 2.45) is 0 Å². The molecule has 0 aliphatic heterocycles. The largest absolute Gasteiger partial charge is 0.462 e. The highest BCUT2D eigenvalue weighted by atomic mass is 16.8. The first-order chi connectivity index (χ1) is 9.24. The van der Waals surface area contributed by atoms with Crippen molar-refractivity contribution in [2.45, 2.75) is 19.3 Å². The molecule has 0 spiro atoms. The van der Waals surface area contributed by atoms with Crippen molar-refractivity contribution in [1.82, 2.24) is 5.16 Å². The standard InChI is InChI=1S/C12H14N2O5/c15-7-2-1-3-8-18-12(16)9-5-4-6-10-11(9)13-19-14(10)17/h4-6,15H,1-3,7-8H2. The van der Waals surface area contributed by atoms with E-state index in [1.54, 1.807) is 6.07 Å². The van der Waals surface area contributed by atoms with Gasteiger partial charge in [0.25, 0.3) is 5.52 Å². The van der Waals surface area contributed by atoms with Crippen molar-refractivity contribution in [3.8, 4) is 0 Å². The molecule has 7 heteroatoms. The number of aromatic nitrogens is 2. The van der Waals surface area contributed by atoms with Gasteiger partial charge < -0.3 is 15.1 Å². The maximum absolute atomic E-state index is 11.8. The van der Waals surface area contributed by atoms with Gasteiger partial charge in [0, 0.05) is 11.8 Å². The summed E-state index contributed by atoms with van der Waals surface area (Å²) in [4.78, 5) is 12.1. The van der Waals surface area contributed by atoms with Gasteiger partial charge in [0.1, 0.15) is 5.56 Å². The number of carbonyl (C=O) groups excluding carboxylic acids is 1. The summed E-state index contributed by atoms with van der Waals surface area (Å²) in [7, 11) is 0. The van der Waals surface area contributed by atoms with Crippen LogP contribution in [-0.2, 0) is 4.74 Å². The number of carbonyl (C=O) groups is 1. The monoisotopic (exact) mass is 266 g/mol. The molecule has 0 saturated heterocycles. The van der Waals surface area contributed by atoms with Gasteiger partial charge in [-0.05, 0) is 36.3 Å². The van der Waals surface area contributed by atoms with Crippen LogP contribution in [0.15, 0.2) is 22.8 Å². The van der Waals surface area contributed by atoms with Gasteiger partial charge in [-0.15, -0.1) is 0 Å². The molecule has 0 bridgehead atoms. The van der Waals surface area contributed by atoms with Gasteiger partial charge >= 0.3 is 5.97 Å². The molecular weight excluding hydrogens is 252 g/mol. The van der Waals surface area contributed by atoms with Crippen molar-refractivity contribution >= 4 is 17.0 Å². The summed E-state index contributed by atoms with van der Waals surface area (Å²) in [6.07, 6.45) is 2.16. The minimum atomic E-state index is -0.538. The number of ether oxygens (including phenoxy) is 1. The van der Waals surface area contributed by atoms with Crippen LogP contribution >= 0.6 is 0 Å². The molecule has 2 aromatic rings. The number of aliphatic hydroxyl groups excluding tert-OH is 1. The zero-order valence-corrected chi connectivity index (χ0v) is 10.2. The second kappa shape index (κ2) is 6.14. The van der Waals surface area contributed by atoms with E-state index in [1.807, 2.05) is 0 Å². The Hall–Kier alpha value is -2.15. The first-order valence-corrected chi connectivity index (χ1v) is 6.00. The second-order valence-electron chi connectivity index (χ2n) is 4.02. The number of fused-ring (bicyclic) bond motifs is 1. The third-order valence-electron chi connectivity index (χ3n) is 2.67. The first-order valence-electron chi connectivity index (χ1n) is 6.00. The Morgan fingerprint density at radius 2 is 2.26 bits per heavy atom. The fourth-order valence-electron chi connectivity index (χ4n) is 1.69. The number of rotatable bonds is 6. The molecule has 0 amide bonds. The summed E-state index contributed by atoms with van der Waals surface area (Å²) in [5.74, 6) is -0.538. The van der Waals surface area contributed by atoms with Crippen LogP contribution < -0.4 is 4.90 Å². The van der Waals surface area contributed by atoms with E-state index in [1.165, 1.54) is 12.1 Å². The molecular formula is C12H14N2O5. The van der Waals surface area contributed by atoms with Gasteiger partial charge in [-0.1, -0.05) is 6.07 Å². The Kier molecular flexibility index (Phi) is 4.30. The lowest BCUT2D eigenvalue weighted by atomic mass is 10.2. The Morgan fingerprint density at radius 3 is 3.05 bits per heavy atom. The van der Waals surface area contributed by atoms with Crippen LogP contribution in [0.4, 0.5) is 0 Å². The summed E-state index contributed by atoms with van der Waals surface area (Å²) < 4.78 is 9.52. The van der Waals surface area contributed by atoms with Crippen LogP contribution in [0.3, 0.4) is 0 Å². The van der Waals surface area contributed by atoms with Crippen molar-refractivity contribution in [3.63, 3.8) is 0 Å². The molecule has 0 aliphatic rings. The van der Waals surface area contributed by atoms with Gasteiger partial charge in [-0.2, -0.15) is 0 Å². The molecule has 0 atom stereocenters. The lowest BCUT2D eigenvalue weighted by molar-refractivity contribution is -0.782. The zero-order chi connectivity index (χ0) is 13.7. The highest BCUT2D eigenvalue weighted by Crippen LogP contribution is 2.14. The van der Waals surface area contributed by atoms with Crippen LogP contribution in [-0.4, -0.2) is 29.4 Å². The van der Waals surface area contributed by atoms with E-state index in [-0.39, 0.29) is 34.7 Å². The number of nitrogens with zero attached hydrogens (tertiary/aromatic N) is 2.